The number of nitro benzene ring substituents is 1. The molecule has 0 atom stereocenters. The molecule has 4 heteroatoms. The van der Waals surface area contributed by atoms with Crippen LogP contribution in [0.2, 0.25) is 0 Å². The maximum atomic E-state index is 11.0. The fourth-order valence-electron chi connectivity index (χ4n) is 2.49. The van der Waals surface area contributed by atoms with Crippen molar-refractivity contribution in [3.05, 3.63) is 70.8 Å². The Morgan fingerprint density at radius 1 is 1.00 bits per heavy atom. The summed E-state index contributed by atoms with van der Waals surface area (Å²) in [5.74, 6) is 0.703. The van der Waals surface area contributed by atoms with Gasteiger partial charge in [0, 0.05) is 17.7 Å². The van der Waals surface area contributed by atoms with E-state index in [9.17, 15) is 10.1 Å². The lowest BCUT2D eigenvalue weighted by Gasteiger charge is -2.12. The summed E-state index contributed by atoms with van der Waals surface area (Å²) in [5, 5.41) is 13.1. The molecule has 0 fully saturated rings. The van der Waals surface area contributed by atoms with Gasteiger partial charge in [-0.3, -0.25) is 10.1 Å². The molecule has 4 nitrogen and oxygen atoms in total. The highest BCUT2D eigenvalue weighted by molar-refractivity contribution is 6.00. The van der Waals surface area contributed by atoms with Crippen molar-refractivity contribution in [2.45, 2.75) is 0 Å². The highest BCUT2D eigenvalue weighted by Gasteiger charge is 2.13. The van der Waals surface area contributed by atoms with Crippen LogP contribution in [0.1, 0.15) is 0 Å². The van der Waals surface area contributed by atoms with Crippen LogP contribution in [0.5, 0.6) is 5.75 Å². The second-order valence-corrected chi connectivity index (χ2v) is 4.67. The summed E-state index contributed by atoms with van der Waals surface area (Å²) >= 11 is 0. The molecule has 0 amide bonds. The Hall–Kier alpha value is -2.88. The van der Waals surface area contributed by atoms with Crippen molar-refractivity contribution in [3.8, 4) is 16.9 Å². The summed E-state index contributed by atoms with van der Waals surface area (Å²) in [4.78, 5) is 10.6. The van der Waals surface area contributed by atoms with Crippen molar-refractivity contribution in [3.63, 3.8) is 0 Å². The van der Waals surface area contributed by atoms with Crippen LogP contribution < -0.4 is 4.74 Å². The number of fused-ring (bicyclic) bond motifs is 1. The molecular formula is C17H13NO3. The zero-order valence-corrected chi connectivity index (χ0v) is 11.4. The van der Waals surface area contributed by atoms with Crippen LogP contribution >= 0.6 is 0 Å². The molecule has 104 valence electrons. The monoisotopic (exact) mass is 279 g/mol. The summed E-state index contributed by atoms with van der Waals surface area (Å²) < 4.78 is 5.44. The number of hydrogen-bond donors (Lipinski definition) is 0. The molecule has 0 N–H and O–H groups in total. The first-order valence-corrected chi connectivity index (χ1v) is 6.51. The summed E-state index contributed by atoms with van der Waals surface area (Å²) in [6.45, 7) is 0. The topological polar surface area (TPSA) is 52.4 Å². The highest BCUT2D eigenvalue weighted by Crippen LogP contribution is 2.37. The van der Waals surface area contributed by atoms with Gasteiger partial charge in [-0.05, 0) is 22.4 Å². The molecule has 0 aliphatic heterocycles. The van der Waals surface area contributed by atoms with E-state index in [1.165, 1.54) is 6.07 Å². The van der Waals surface area contributed by atoms with E-state index >= 15 is 0 Å². The van der Waals surface area contributed by atoms with Crippen LogP contribution in [0.4, 0.5) is 5.69 Å². The lowest BCUT2D eigenvalue weighted by Crippen LogP contribution is -1.92. The zero-order valence-electron chi connectivity index (χ0n) is 11.4. The Labute approximate surface area is 121 Å². The molecule has 0 aromatic heterocycles. The Bertz CT molecular complexity index is 827. The molecule has 0 radical (unpaired) electrons. The van der Waals surface area contributed by atoms with Gasteiger partial charge in [0.2, 0.25) is 0 Å². The third kappa shape index (κ3) is 2.31. The molecule has 0 bridgehead atoms. The molecule has 0 aliphatic rings. The van der Waals surface area contributed by atoms with E-state index in [0.717, 1.165) is 21.9 Å². The van der Waals surface area contributed by atoms with Gasteiger partial charge in [0.05, 0.1) is 12.0 Å². The Morgan fingerprint density at radius 3 is 2.57 bits per heavy atom. The predicted octanol–water partition coefficient (Wildman–Crippen LogP) is 4.42. The molecule has 3 aromatic rings. The van der Waals surface area contributed by atoms with Crippen LogP contribution in [0.3, 0.4) is 0 Å². The van der Waals surface area contributed by atoms with Gasteiger partial charge in [-0.15, -0.1) is 0 Å². The number of rotatable bonds is 3. The highest BCUT2D eigenvalue weighted by atomic mass is 16.6. The number of nitrogens with zero attached hydrogens (tertiary/aromatic N) is 1. The van der Waals surface area contributed by atoms with Crippen LogP contribution in [-0.4, -0.2) is 12.0 Å². The van der Waals surface area contributed by atoms with Gasteiger partial charge in [-0.2, -0.15) is 0 Å². The van der Waals surface area contributed by atoms with Crippen LogP contribution in [0.25, 0.3) is 21.9 Å². The Balaban J connectivity index is 2.32. The Kier molecular flexibility index (Phi) is 3.28. The fraction of sp³-hybridized carbons (Fsp3) is 0.0588. The van der Waals surface area contributed by atoms with Gasteiger partial charge in [0.25, 0.3) is 5.69 Å². The van der Waals surface area contributed by atoms with Gasteiger partial charge in [0.1, 0.15) is 5.75 Å². The summed E-state index contributed by atoms with van der Waals surface area (Å²) in [6, 6.07) is 18.4. The molecule has 3 aromatic carbocycles. The quantitative estimate of drug-likeness (QED) is 0.526. The van der Waals surface area contributed by atoms with Gasteiger partial charge in [-0.1, -0.05) is 42.5 Å². The minimum absolute atomic E-state index is 0.0717. The van der Waals surface area contributed by atoms with Crippen LogP contribution in [0, 0.1) is 10.1 Å². The third-order valence-electron chi connectivity index (χ3n) is 3.46. The maximum Gasteiger partial charge on any atom is 0.270 e. The van der Waals surface area contributed by atoms with Crippen molar-refractivity contribution in [2.75, 3.05) is 7.11 Å². The van der Waals surface area contributed by atoms with Gasteiger partial charge < -0.3 is 4.74 Å². The number of non-ortho nitro benzene ring substituents is 1. The first-order valence-electron chi connectivity index (χ1n) is 6.51. The molecule has 0 heterocycles. The van der Waals surface area contributed by atoms with Crippen molar-refractivity contribution in [1.29, 1.82) is 0 Å². The standard InChI is InChI=1S/C17H13NO3/c1-21-16-10-9-12-5-2-3-8-15(12)17(16)13-6-4-7-14(11-13)18(19)20/h2-11H,1H3. The second kappa shape index (κ2) is 5.25. The van der Waals surface area contributed by atoms with Crippen molar-refractivity contribution in [2.24, 2.45) is 0 Å². The van der Waals surface area contributed by atoms with E-state index in [2.05, 4.69) is 0 Å². The second-order valence-electron chi connectivity index (χ2n) is 4.67. The largest absolute Gasteiger partial charge is 0.496 e. The molecule has 3 rings (SSSR count). The zero-order chi connectivity index (χ0) is 14.8. The first kappa shape index (κ1) is 13.1. The molecule has 0 saturated heterocycles. The first-order chi connectivity index (χ1) is 10.2. The third-order valence-corrected chi connectivity index (χ3v) is 3.46. The summed E-state index contributed by atoms with van der Waals surface area (Å²) in [7, 11) is 1.60. The number of benzene rings is 3. The maximum absolute atomic E-state index is 11.0. The Morgan fingerprint density at radius 2 is 1.81 bits per heavy atom. The van der Waals surface area contributed by atoms with Crippen molar-refractivity contribution >= 4 is 16.5 Å². The molecule has 0 aliphatic carbocycles. The summed E-state index contributed by atoms with van der Waals surface area (Å²) in [6.07, 6.45) is 0. The van der Waals surface area contributed by atoms with E-state index in [4.69, 9.17) is 4.74 Å². The van der Waals surface area contributed by atoms with Gasteiger partial charge >= 0.3 is 0 Å². The van der Waals surface area contributed by atoms with E-state index in [0.29, 0.717) is 5.75 Å². The number of ether oxygens (including phenoxy) is 1. The molecule has 0 spiro atoms. The summed E-state index contributed by atoms with van der Waals surface area (Å²) in [5.41, 5.74) is 1.72. The normalized spacial score (nSPS) is 10.5. The SMILES string of the molecule is COc1ccc2ccccc2c1-c1cccc([N+](=O)[O-])c1. The van der Waals surface area contributed by atoms with E-state index in [1.54, 1.807) is 19.2 Å². The van der Waals surface area contributed by atoms with Gasteiger partial charge in [-0.25, -0.2) is 0 Å². The molecule has 0 saturated carbocycles. The number of methoxy groups -OCH3 is 1. The molecule has 21 heavy (non-hydrogen) atoms. The minimum Gasteiger partial charge on any atom is -0.496 e. The average Bonchev–Trinajstić information content (AvgIpc) is 2.53. The minimum atomic E-state index is -0.388. The van der Waals surface area contributed by atoms with E-state index < -0.39 is 0 Å². The molecule has 0 unspecified atom stereocenters. The van der Waals surface area contributed by atoms with Crippen LogP contribution in [0.15, 0.2) is 60.7 Å². The van der Waals surface area contributed by atoms with Crippen LogP contribution in [-0.2, 0) is 0 Å². The average molecular weight is 279 g/mol. The fourth-order valence-corrected chi connectivity index (χ4v) is 2.49. The van der Waals surface area contributed by atoms with E-state index in [1.807, 2.05) is 42.5 Å². The lowest BCUT2D eigenvalue weighted by atomic mass is 9.97. The van der Waals surface area contributed by atoms with Crippen molar-refractivity contribution < 1.29 is 9.66 Å². The lowest BCUT2D eigenvalue weighted by molar-refractivity contribution is -0.384. The number of nitro groups is 1. The predicted molar refractivity (Wildman–Crippen MR) is 82.6 cm³/mol. The van der Waals surface area contributed by atoms with E-state index in [-0.39, 0.29) is 10.6 Å². The molecular weight excluding hydrogens is 266 g/mol. The van der Waals surface area contributed by atoms with Crippen molar-refractivity contribution in [1.82, 2.24) is 0 Å². The smallest absolute Gasteiger partial charge is 0.270 e. The number of hydrogen-bond acceptors (Lipinski definition) is 3. The van der Waals surface area contributed by atoms with Gasteiger partial charge in [0.15, 0.2) is 0 Å².